The highest BCUT2D eigenvalue weighted by Crippen LogP contribution is 2.39. The number of rotatable bonds is 6. The van der Waals surface area contributed by atoms with Gasteiger partial charge >= 0.3 is 0 Å². The van der Waals surface area contributed by atoms with E-state index in [9.17, 15) is 5.26 Å². The van der Waals surface area contributed by atoms with Crippen LogP contribution in [0.25, 0.3) is 5.65 Å². The molecule has 3 heterocycles. The lowest BCUT2D eigenvalue weighted by Gasteiger charge is -2.35. The first-order valence-electron chi connectivity index (χ1n) is 10.1. The molecule has 8 nitrogen and oxygen atoms in total. The lowest BCUT2D eigenvalue weighted by Crippen LogP contribution is -2.30. The van der Waals surface area contributed by atoms with Crippen LogP contribution in [0.4, 0.5) is 11.6 Å². The van der Waals surface area contributed by atoms with E-state index in [4.69, 9.17) is 22.4 Å². The minimum absolute atomic E-state index is 0.222. The molecule has 160 valence electrons. The number of aromatic nitrogens is 5. The van der Waals surface area contributed by atoms with Gasteiger partial charge in [-0.05, 0) is 31.7 Å². The van der Waals surface area contributed by atoms with Crippen molar-refractivity contribution < 1.29 is 0 Å². The number of hydrogen-bond acceptors (Lipinski definition) is 6. The van der Waals surface area contributed by atoms with E-state index in [0.717, 1.165) is 11.0 Å². The van der Waals surface area contributed by atoms with Crippen LogP contribution < -0.4 is 11.1 Å². The zero-order valence-electron chi connectivity index (χ0n) is 17.4. The van der Waals surface area contributed by atoms with Crippen LogP contribution >= 0.6 is 27.5 Å². The molecule has 0 saturated heterocycles. The van der Waals surface area contributed by atoms with E-state index in [0.29, 0.717) is 47.1 Å². The molecule has 2 unspecified atom stereocenters. The third kappa shape index (κ3) is 4.12. The van der Waals surface area contributed by atoms with Crippen molar-refractivity contribution in [3.8, 4) is 6.07 Å². The van der Waals surface area contributed by atoms with Gasteiger partial charge in [0.05, 0.1) is 17.4 Å². The molecule has 2 atom stereocenters. The maximum absolute atomic E-state index is 9.49. The topological polar surface area (TPSA) is 110 Å². The molecule has 0 radical (unpaired) electrons. The number of alkyl halides is 1. The fourth-order valence-electron chi connectivity index (χ4n) is 3.47. The van der Waals surface area contributed by atoms with Crippen molar-refractivity contribution in [1.82, 2.24) is 24.4 Å². The minimum Gasteiger partial charge on any atom is -0.382 e. The number of nitrogens with zero attached hydrogens (tertiary/aromatic N) is 6. The van der Waals surface area contributed by atoms with Crippen molar-refractivity contribution in [2.24, 2.45) is 5.92 Å². The first-order valence-corrected chi connectivity index (χ1v) is 11.6. The molecule has 0 aliphatic heterocycles. The summed E-state index contributed by atoms with van der Waals surface area (Å²) < 4.78 is 3.48. The molecule has 1 fully saturated rings. The molecular formula is C20H26BrClN8. The summed E-state index contributed by atoms with van der Waals surface area (Å²) >= 11 is 9.83. The number of halogens is 2. The van der Waals surface area contributed by atoms with Gasteiger partial charge in [0.1, 0.15) is 28.3 Å². The Morgan fingerprint density at radius 1 is 1.37 bits per heavy atom. The average molecular weight is 494 g/mol. The average Bonchev–Trinajstić information content (AvgIpc) is 3.29. The molecule has 3 aromatic heterocycles. The SMILES string of the molecule is CC.Cc1nn2c(N)c(C#N)c(NCCc3ccn(C4CCC4CBr)n3)nc2c1Cl. The number of anilines is 2. The standard InChI is InChI=1S/C18H20BrClN8.C2H6/c1-10-15(20)18-24-17(13(9-21)16(22)28(18)25-10)23-6-4-12-5-7-27(26-12)14-3-2-11(14)8-19;1-2/h5,7,11,14H,2-4,6,8,22H2,1H3,(H,23,24);1-2H3. The quantitative estimate of drug-likeness (QED) is 0.493. The smallest absolute Gasteiger partial charge is 0.178 e. The molecule has 4 rings (SSSR count). The molecule has 1 aliphatic rings. The van der Waals surface area contributed by atoms with Gasteiger partial charge in [0.25, 0.3) is 0 Å². The van der Waals surface area contributed by atoms with Crippen molar-refractivity contribution in [1.29, 1.82) is 5.26 Å². The van der Waals surface area contributed by atoms with Crippen LogP contribution in [-0.4, -0.2) is 36.3 Å². The Morgan fingerprint density at radius 2 is 2.13 bits per heavy atom. The van der Waals surface area contributed by atoms with Gasteiger partial charge in [-0.25, -0.2) is 4.98 Å². The highest BCUT2D eigenvalue weighted by Gasteiger charge is 2.31. The first kappa shape index (κ1) is 22.4. The number of nitriles is 1. The van der Waals surface area contributed by atoms with E-state index < -0.39 is 0 Å². The molecule has 1 saturated carbocycles. The number of hydrogen-bond donors (Lipinski definition) is 2. The lowest BCUT2D eigenvalue weighted by atomic mass is 9.81. The van der Waals surface area contributed by atoms with Gasteiger partial charge in [0, 0.05) is 24.5 Å². The molecule has 0 bridgehead atoms. The van der Waals surface area contributed by atoms with E-state index in [1.165, 1.54) is 17.4 Å². The summed E-state index contributed by atoms with van der Waals surface area (Å²) in [7, 11) is 0. The van der Waals surface area contributed by atoms with Crippen molar-refractivity contribution in [3.05, 3.63) is 34.2 Å². The number of nitrogens with one attached hydrogen (secondary N) is 1. The van der Waals surface area contributed by atoms with Crippen molar-refractivity contribution >= 4 is 44.8 Å². The summed E-state index contributed by atoms with van der Waals surface area (Å²) in [6.45, 7) is 6.35. The monoisotopic (exact) mass is 492 g/mol. The fraction of sp³-hybridized carbons (Fsp3) is 0.500. The van der Waals surface area contributed by atoms with Crippen molar-refractivity contribution in [2.75, 3.05) is 22.9 Å². The Balaban J connectivity index is 0.00000124. The number of aryl methyl sites for hydroxylation is 1. The van der Waals surface area contributed by atoms with E-state index >= 15 is 0 Å². The van der Waals surface area contributed by atoms with Gasteiger partial charge in [-0.2, -0.15) is 20.0 Å². The maximum atomic E-state index is 9.49. The van der Waals surface area contributed by atoms with Crippen LogP contribution in [-0.2, 0) is 6.42 Å². The molecule has 3 aromatic rings. The molecule has 0 amide bonds. The van der Waals surface area contributed by atoms with Crippen LogP contribution in [0.15, 0.2) is 12.3 Å². The summed E-state index contributed by atoms with van der Waals surface area (Å²) in [5.74, 6) is 1.29. The second-order valence-corrected chi connectivity index (χ2v) is 8.02. The third-order valence-corrected chi connectivity index (χ3v) is 6.54. The van der Waals surface area contributed by atoms with E-state index in [-0.39, 0.29) is 11.4 Å². The van der Waals surface area contributed by atoms with E-state index in [1.54, 1.807) is 6.92 Å². The predicted octanol–water partition coefficient (Wildman–Crippen LogP) is 4.37. The molecule has 30 heavy (non-hydrogen) atoms. The summed E-state index contributed by atoms with van der Waals surface area (Å²) in [5, 5.41) is 23.1. The first-order chi connectivity index (χ1) is 14.5. The van der Waals surface area contributed by atoms with Gasteiger partial charge in [0.15, 0.2) is 5.65 Å². The van der Waals surface area contributed by atoms with Crippen molar-refractivity contribution in [3.63, 3.8) is 0 Å². The molecule has 0 aromatic carbocycles. The molecule has 3 N–H and O–H groups in total. The predicted molar refractivity (Wildman–Crippen MR) is 123 cm³/mol. The molecular weight excluding hydrogens is 468 g/mol. The summed E-state index contributed by atoms with van der Waals surface area (Å²) in [6.07, 6.45) is 5.18. The molecule has 10 heteroatoms. The molecule has 1 aliphatic carbocycles. The second kappa shape index (κ2) is 9.67. The second-order valence-electron chi connectivity index (χ2n) is 6.99. The lowest BCUT2D eigenvalue weighted by molar-refractivity contribution is 0.190. The van der Waals surface area contributed by atoms with E-state index in [2.05, 4.69) is 42.1 Å². The Hall–Kier alpha value is -2.31. The maximum Gasteiger partial charge on any atom is 0.178 e. The number of nitrogen functional groups attached to an aromatic ring is 1. The van der Waals surface area contributed by atoms with Crippen molar-refractivity contribution in [2.45, 2.75) is 46.1 Å². The summed E-state index contributed by atoms with van der Waals surface area (Å²) in [5.41, 5.74) is 8.41. The zero-order chi connectivity index (χ0) is 21.8. The Labute approximate surface area is 189 Å². The summed E-state index contributed by atoms with van der Waals surface area (Å²) in [4.78, 5) is 4.46. The normalized spacial score (nSPS) is 17.7. The van der Waals surface area contributed by atoms with Crippen LogP contribution in [0.1, 0.15) is 49.7 Å². The zero-order valence-corrected chi connectivity index (χ0v) is 19.7. The van der Waals surface area contributed by atoms with Gasteiger partial charge in [-0.1, -0.05) is 41.4 Å². The number of nitrogens with two attached hydrogens (primary N) is 1. The van der Waals surface area contributed by atoms with Gasteiger partial charge in [-0.15, -0.1) is 0 Å². The van der Waals surface area contributed by atoms with Crippen LogP contribution in [0.2, 0.25) is 5.02 Å². The molecule has 0 spiro atoms. The largest absolute Gasteiger partial charge is 0.382 e. The van der Waals surface area contributed by atoms with Gasteiger partial charge in [0.2, 0.25) is 0 Å². The van der Waals surface area contributed by atoms with Crippen LogP contribution in [0.5, 0.6) is 0 Å². The third-order valence-electron chi connectivity index (χ3n) is 5.27. The summed E-state index contributed by atoms with van der Waals surface area (Å²) in [6, 6.07) is 4.63. The Morgan fingerprint density at radius 3 is 2.77 bits per heavy atom. The minimum atomic E-state index is 0.222. The van der Waals surface area contributed by atoms with Crippen LogP contribution in [0.3, 0.4) is 0 Å². The highest BCUT2D eigenvalue weighted by atomic mass is 79.9. The van der Waals surface area contributed by atoms with Crippen LogP contribution in [0, 0.1) is 24.2 Å². The fourth-order valence-corrected chi connectivity index (χ4v) is 4.39. The highest BCUT2D eigenvalue weighted by molar-refractivity contribution is 9.09. The number of fused-ring (bicyclic) bond motifs is 1. The van der Waals surface area contributed by atoms with Gasteiger partial charge < -0.3 is 11.1 Å². The Bertz CT molecular complexity index is 1070. The van der Waals surface area contributed by atoms with Gasteiger partial charge in [-0.3, -0.25) is 4.68 Å². The van der Waals surface area contributed by atoms with E-state index in [1.807, 2.05) is 26.1 Å². The Kier molecular flexibility index (Phi) is 7.21.